The standard InChI is InChI=1S/C13H12N6O3/c1-9(22-12(20)7-19-8-15-17-18-19)13(21)16-11-4-2-10(6-14)3-5-11/h2-5,8-9H,7H2,1H3,(H,16,21)/t9-/m1/s1. The Bertz CT molecular complexity index is 690. The van der Waals surface area contributed by atoms with Crippen molar-refractivity contribution in [3.63, 3.8) is 0 Å². The molecule has 1 N–H and O–H groups in total. The fourth-order valence-corrected chi connectivity index (χ4v) is 1.54. The molecule has 1 atom stereocenters. The molecule has 2 rings (SSSR count). The van der Waals surface area contributed by atoms with Crippen LogP contribution in [0.5, 0.6) is 0 Å². The summed E-state index contributed by atoms with van der Waals surface area (Å²) in [6, 6.07) is 8.30. The van der Waals surface area contributed by atoms with Crippen molar-refractivity contribution in [2.75, 3.05) is 5.32 Å². The molecule has 1 aromatic carbocycles. The molecule has 0 radical (unpaired) electrons. The molecule has 0 unspecified atom stereocenters. The quantitative estimate of drug-likeness (QED) is 0.777. The van der Waals surface area contributed by atoms with Gasteiger partial charge in [0.2, 0.25) is 0 Å². The third kappa shape index (κ3) is 4.11. The van der Waals surface area contributed by atoms with Crippen LogP contribution in [0.1, 0.15) is 12.5 Å². The van der Waals surface area contributed by atoms with E-state index in [1.54, 1.807) is 24.3 Å². The van der Waals surface area contributed by atoms with Gasteiger partial charge >= 0.3 is 5.97 Å². The summed E-state index contributed by atoms with van der Waals surface area (Å²) in [4.78, 5) is 23.5. The van der Waals surface area contributed by atoms with Crippen molar-refractivity contribution >= 4 is 17.6 Å². The van der Waals surface area contributed by atoms with E-state index in [0.29, 0.717) is 11.3 Å². The molecule has 22 heavy (non-hydrogen) atoms. The molecule has 9 nitrogen and oxygen atoms in total. The van der Waals surface area contributed by atoms with Crippen LogP contribution in [0.2, 0.25) is 0 Å². The molecule has 9 heteroatoms. The molecule has 1 heterocycles. The fourth-order valence-electron chi connectivity index (χ4n) is 1.54. The summed E-state index contributed by atoms with van der Waals surface area (Å²) in [6.45, 7) is 1.28. The Kier molecular flexibility index (Phi) is 4.77. The third-order valence-electron chi connectivity index (χ3n) is 2.64. The number of nitrogens with zero attached hydrogens (tertiary/aromatic N) is 5. The largest absolute Gasteiger partial charge is 0.451 e. The molecule has 1 aromatic heterocycles. The van der Waals surface area contributed by atoms with Crippen LogP contribution in [-0.4, -0.2) is 38.2 Å². The Hall–Kier alpha value is -3.28. The number of aromatic nitrogens is 4. The number of carbonyl (C=O) groups excluding carboxylic acids is 2. The minimum Gasteiger partial charge on any atom is -0.451 e. The maximum Gasteiger partial charge on any atom is 0.328 e. The van der Waals surface area contributed by atoms with Crippen molar-refractivity contribution in [2.45, 2.75) is 19.6 Å². The van der Waals surface area contributed by atoms with Gasteiger partial charge in [-0.2, -0.15) is 5.26 Å². The highest BCUT2D eigenvalue weighted by Crippen LogP contribution is 2.09. The second kappa shape index (κ2) is 6.94. The zero-order chi connectivity index (χ0) is 15.9. The van der Waals surface area contributed by atoms with Gasteiger partial charge in [0, 0.05) is 5.69 Å². The van der Waals surface area contributed by atoms with Gasteiger partial charge in [0.1, 0.15) is 12.9 Å². The van der Waals surface area contributed by atoms with Crippen LogP contribution >= 0.6 is 0 Å². The molecule has 0 aliphatic carbocycles. The van der Waals surface area contributed by atoms with Crippen LogP contribution in [0.25, 0.3) is 0 Å². The molecular weight excluding hydrogens is 288 g/mol. The Labute approximate surface area is 125 Å². The van der Waals surface area contributed by atoms with Gasteiger partial charge in [-0.1, -0.05) is 0 Å². The number of benzene rings is 1. The summed E-state index contributed by atoms with van der Waals surface area (Å²) in [5.74, 6) is -1.11. The van der Waals surface area contributed by atoms with Gasteiger partial charge in [0.15, 0.2) is 6.10 Å². The maximum atomic E-state index is 11.9. The number of nitrogens with one attached hydrogen (secondary N) is 1. The van der Waals surface area contributed by atoms with Gasteiger partial charge in [0.05, 0.1) is 11.6 Å². The number of nitriles is 1. The molecule has 0 aliphatic rings. The van der Waals surface area contributed by atoms with Gasteiger partial charge in [0.25, 0.3) is 5.91 Å². The van der Waals surface area contributed by atoms with Crippen molar-refractivity contribution < 1.29 is 14.3 Å². The summed E-state index contributed by atoms with van der Waals surface area (Å²) >= 11 is 0. The Morgan fingerprint density at radius 2 is 2.14 bits per heavy atom. The van der Waals surface area contributed by atoms with Crippen molar-refractivity contribution in [2.24, 2.45) is 0 Å². The zero-order valence-electron chi connectivity index (χ0n) is 11.6. The van der Waals surface area contributed by atoms with Crippen LogP contribution in [0.15, 0.2) is 30.6 Å². The number of rotatable bonds is 5. The molecular formula is C13H12N6O3. The topological polar surface area (TPSA) is 123 Å². The lowest BCUT2D eigenvalue weighted by Gasteiger charge is -2.13. The second-order valence-corrected chi connectivity index (χ2v) is 4.32. The molecule has 0 aliphatic heterocycles. The fraction of sp³-hybridized carbons (Fsp3) is 0.231. The van der Waals surface area contributed by atoms with Crippen LogP contribution in [0.3, 0.4) is 0 Å². The van der Waals surface area contributed by atoms with E-state index in [1.165, 1.54) is 17.9 Å². The highest BCUT2D eigenvalue weighted by Gasteiger charge is 2.18. The first-order valence-electron chi connectivity index (χ1n) is 6.30. The summed E-state index contributed by atoms with van der Waals surface area (Å²) < 4.78 is 6.17. The van der Waals surface area contributed by atoms with E-state index in [4.69, 9.17) is 10.00 Å². The zero-order valence-corrected chi connectivity index (χ0v) is 11.6. The summed E-state index contributed by atoms with van der Waals surface area (Å²) in [7, 11) is 0. The number of tetrazole rings is 1. The predicted molar refractivity (Wildman–Crippen MR) is 73.2 cm³/mol. The van der Waals surface area contributed by atoms with E-state index in [2.05, 4.69) is 20.8 Å². The summed E-state index contributed by atoms with van der Waals surface area (Å²) in [5, 5.41) is 21.6. The molecule has 0 bridgehead atoms. The molecule has 2 aromatic rings. The maximum absolute atomic E-state index is 11.9. The van der Waals surface area contributed by atoms with Crippen LogP contribution in [0.4, 0.5) is 5.69 Å². The van der Waals surface area contributed by atoms with E-state index < -0.39 is 18.0 Å². The first-order chi connectivity index (χ1) is 10.6. The molecule has 0 spiro atoms. The lowest BCUT2D eigenvalue weighted by molar-refractivity contribution is -0.153. The molecule has 1 amide bonds. The number of anilines is 1. The minimum atomic E-state index is -0.973. The van der Waals surface area contributed by atoms with E-state index in [1.807, 2.05) is 6.07 Å². The second-order valence-electron chi connectivity index (χ2n) is 4.32. The third-order valence-corrected chi connectivity index (χ3v) is 2.64. The van der Waals surface area contributed by atoms with Crippen LogP contribution in [-0.2, 0) is 20.9 Å². The molecule has 0 fully saturated rings. The van der Waals surface area contributed by atoms with Crippen molar-refractivity contribution in [3.05, 3.63) is 36.2 Å². The van der Waals surface area contributed by atoms with Gasteiger partial charge in [-0.05, 0) is 41.6 Å². The van der Waals surface area contributed by atoms with Gasteiger partial charge in [-0.25, -0.2) is 4.68 Å². The first-order valence-corrected chi connectivity index (χ1v) is 6.30. The number of amides is 1. The summed E-state index contributed by atoms with van der Waals surface area (Å²) in [6.07, 6.45) is 0.294. The predicted octanol–water partition coefficient (Wildman–Crippen LogP) is 0.115. The number of ether oxygens (including phenoxy) is 1. The van der Waals surface area contributed by atoms with Gasteiger partial charge < -0.3 is 10.1 Å². The van der Waals surface area contributed by atoms with E-state index in [0.717, 1.165) is 0 Å². The summed E-state index contributed by atoms with van der Waals surface area (Å²) in [5.41, 5.74) is 0.992. The highest BCUT2D eigenvalue weighted by molar-refractivity contribution is 5.95. The number of hydrogen-bond donors (Lipinski definition) is 1. The van der Waals surface area contributed by atoms with Crippen LogP contribution < -0.4 is 5.32 Å². The monoisotopic (exact) mass is 300 g/mol. The van der Waals surface area contributed by atoms with Crippen molar-refractivity contribution in [1.82, 2.24) is 20.2 Å². The average Bonchev–Trinajstić information content (AvgIpc) is 3.00. The SMILES string of the molecule is C[C@@H](OC(=O)Cn1cnnn1)C(=O)Nc1ccc(C#N)cc1. The van der Waals surface area contributed by atoms with E-state index in [9.17, 15) is 9.59 Å². The van der Waals surface area contributed by atoms with E-state index in [-0.39, 0.29) is 6.54 Å². The van der Waals surface area contributed by atoms with Crippen LogP contribution in [0, 0.1) is 11.3 Å². The van der Waals surface area contributed by atoms with Crippen molar-refractivity contribution in [3.8, 4) is 6.07 Å². The first kappa shape index (κ1) is 15.1. The normalized spacial score (nSPS) is 11.3. The Balaban J connectivity index is 1.86. The average molecular weight is 300 g/mol. The van der Waals surface area contributed by atoms with Crippen molar-refractivity contribution in [1.29, 1.82) is 5.26 Å². The number of hydrogen-bond acceptors (Lipinski definition) is 7. The highest BCUT2D eigenvalue weighted by atomic mass is 16.5. The molecule has 112 valence electrons. The number of carbonyl (C=O) groups is 2. The Morgan fingerprint density at radius 1 is 1.41 bits per heavy atom. The molecule has 0 saturated heterocycles. The lowest BCUT2D eigenvalue weighted by atomic mass is 10.2. The number of esters is 1. The van der Waals surface area contributed by atoms with Gasteiger partial charge in [-0.15, -0.1) is 5.10 Å². The smallest absolute Gasteiger partial charge is 0.328 e. The van der Waals surface area contributed by atoms with E-state index >= 15 is 0 Å². The molecule has 0 saturated carbocycles. The minimum absolute atomic E-state index is 0.179. The lowest BCUT2D eigenvalue weighted by Crippen LogP contribution is -2.31. The van der Waals surface area contributed by atoms with Gasteiger partial charge in [-0.3, -0.25) is 9.59 Å². The Morgan fingerprint density at radius 3 is 2.73 bits per heavy atom.